The van der Waals surface area contributed by atoms with Crippen molar-refractivity contribution in [1.29, 1.82) is 0 Å². The van der Waals surface area contributed by atoms with Crippen LogP contribution in [0.4, 0.5) is 0 Å². The quantitative estimate of drug-likeness (QED) is 0.448. The molecule has 5 heteroatoms. The fraction of sp³-hybridized carbons (Fsp3) is 0.923. The Morgan fingerprint density at radius 1 is 1.33 bits per heavy atom. The van der Waals surface area contributed by atoms with Crippen LogP contribution < -0.4 is 10.6 Å². The minimum atomic E-state index is 0.600. The minimum Gasteiger partial charge on any atom is -0.356 e. The van der Waals surface area contributed by atoms with E-state index in [1.807, 2.05) is 30.6 Å². The molecule has 0 radical (unpaired) electrons. The molecule has 2 atom stereocenters. The lowest BCUT2D eigenvalue weighted by Crippen LogP contribution is -2.45. The lowest BCUT2D eigenvalue weighted by molar-refractivity contribution is 0.419. The van der Waals surface area contributed by atoms with Crippen molar-refractivity contribution in [2.75, 3.05) is 31.9 Å². The first-order valence-electron chi connectivity index (χ1n) is 6.79. The van der Waals surface area contributed by atoms with Crippen LogP contribution in [0.25, 0.3) is 0 Å². The molecule has 1 aliphatic rings. The second-order valence-corrected chi connectivity index (χ2v) is 6.83. The summed E-state index contributed by atoms with van der Waals surface area (Å²) in [7, 11) is 1.86. The van der Waals surface area contributed by atoms with Crippen LogP contribution in [0, 0.1) is 0 Å². The van der Waals surface area contributed by atoms with Gasteiger partial charge in [-0.3, -0.25) is 4.99 Å². The average molecular weight is 290 g/mol. The van der Waals surface area contributed by atoms with Gasteiger partial charge in [-0.15, -0.1) is 0 Å². The highest BCUT2D eigenvalue weighted by molar-refractivity contribution is 7.99. The molecule has 0 saturated heterocycles. The van der Waals surface area contributed by atoms with Crippen LogP contribution in [0.1, 0.15) is 32.1 Å². The van der Waals surface area contributed by atoms with Crippen LogP contribution in [-0.4, -0.2) is 49.1 Å². The summed E-state index contributed by atoms with van der Waals surface area (Å²) < 4.78 is 0. The zero-order valence-electron chi connectivity index (χ0n) is 11.9. The van der Waals surface area contributed by atoms with Crippen molar-refractivity contribution < 1.29 is 0 Å². The summed E-state index contributed by atoms with van der Waals surface area (Å²) in [6.45, 7) is 1.01. The zero-order chi connectivity index (χ0) is 13.2. The van der Waals surface area contributed by atoms with Gasteiger partial charge in [0, 0.05) is 24.9 Å². The van der Waals surface area contributed by atoms with Crippen molar-refractivity contribution in [1.82, 2.24) is 10.6 Å². The number of nitrogens with one attached hydrogen (secondary N) is 2. The van der Waals surface area contributed by atoms with Crippen molar-refractivity contribution in [3.05, 3.63) is 0 Å². The molecule has 1 aliphatic carbocycles. The largest absolute Gasteiger partial charge is 0.356 e. The van der Waals surface area contributed by atoms with E-state index in [4.69, 9.17) is 0 Å². The van der Waals surface area contributed by atoms with Gasteiger partial charge in [0.2, 0.25) is 0 Å². The van der Waals surface area contributed by atoms with E-state index < -0.39 is 0 Å². The standard InChI is InChI=1S/C13H27N3S2/c1-14-13(15-8-5-9-17-2)16-11-6-4-7-12(10-11)18-3/h11-12H,4-10H2,1-3H3,(H2,14,15,16). The number of hydrogen-bond donors (Lipinski definition) is 2. The maximum atomic E-state index is 4.31. The second-order valence-electron chi connectivity index (χ2n) is 4.71. The van der Waals surface area contributed by atoms with Crippen LogP contribution in [0.3, 0.4) is 0 Å². The summed E-state index contributed by atoms with van der Waals surface area (Å²) >= 11 is 3.90. The molecular weight excluding hydrogens is 262 g/mol. The Bertz CT molecular complexity index is 246. The molecule has 3 nitrogen and oxygen atoms in total. The monoisotopic (exact) mass is 289 g/mol. The van der Waals surface area contributed by atoms with Crippen molar-refractivity contribution >= 4 is 29.5 Å². The van der Waals surface area contributed by atoms with Gasteiger partial charge in [0.15, 0.2) is 5.96 Å². The summed E-state index contributed by atoms with van der Waals surface area (Å²) in [6.07, 6.45) is 10.8. The van der Waals surface area contributed by atoms with E-state index in [1.54, 1.807) is 0 Å². The average Bonchev–Trinajstić information content (AvgIpc) is 2.42. The van der Waals surface area contributed by atoms with E-state index in [2.05, 4.69) is 28.1 Å². The van der Waals surface area contributed by atoms with E-state index in [-0.39, 0.29) is 0 Å². The lowest BCUT2D eigenvalue weighted by atomic mass is 9.95. The maximum Gasteiger partial charge on any atom is 0.191 e. The van der Waals surface area contributed by atoms with Crippen LogP contribution >= 0.6 is 23.5 Å². The molecule has 1 rings (SSSR count). The van der Waals surface area contributed by atoms with Gasteiger partial charge < -0.3 is 10.6 Å². The van der Waals surface area contributed by atoms with Crippen molar-refractivity contribution in [3.63, 3.8) is 0 Å². The fourth-order valence-electron chi connectivity index (χ4n) is 2.30. The van der Waals surface area contributed by atoms with Gasteiger partial charge in [-0.05, 0) is 43.9 Å². The summed E-state index contributed by atoms with van der Waals surface area (Å²) in [4.78, 5) is 4.31. The Balaban J connectivity index is 2.25. The third-order valence-electron chi connectivity index (χ3n) is 3.34. The van der Waals surface area contributed by atoms with Gasteiger partial charge in [-0.1, -0.05) is 6.42 Å². The van der Waals surface area contributed by atoms with Crippen molar-refractivity contribution in [2.45, 2.75) is 43.4 Å². The SMILES string of the molecule is CN=C(NCCCSC)NC1CCCC(SC)C1. The third-order valence-corrected chi connectivity index (χ3v) is 5.13. The first-order valence-corrected chi connectivity index (χ1v) is 9.47. The highest BCUT2D eigenvalue weighted by Gasteiger charge is 2.21. The van der Waals surface area contributed by atoms with E-state index >= 15 is 0 Å². The fourth-order valence-corrected chi connectivity index (χ4v) is 3.56. The lowest BCUT2D eigenvalue weighted by Gasteiger charge is -2.29. The molecular formula is C13H27N3S2. The molecule has 2 N–H and O–H groups in total. The summed E-state index contributed by atoms with van der Waals surface area (Å²) in [6, 6.07) is 0.600. The Labute approximate surface area is 120 Å². The van der Waals surface area contributed by atoms with Crippen LogP contribution in [0.5, 0.6) is 0 Å². The van der Waals surface area contributed by atoms with E-state index in [1.165, 1.54) is 37.9 Å². The zero-order valence-corrected chi connectivity index (χ0v) is 13.5. The van der Waals surface area contributed by atoms with Gasteiger partial charge in [-0.25, -0.2) is 0 Å². The molecule has 0 aromatic carbocycles. The molecule has 0 amide bonds. The minimum absolute atomic E-state index is 0.600. The van der Waals surface area contributed by atoms with Gasteiger partial charge in [0.25, 0.3) is 0 Å². The van der Waals surface area contributed by atoms with Crippen molar-refractivity contribution in [2.24, 2.45) is 4.99 Å². The van der Waals surface area contributed by atoms with E-state index in [9.17, 15) is 0 Å². The van der Waals surface area contributed by atoms with E-state index in [0.717, 1.165) is 17.8 Å². The number of nitrogens with zero attached hydrogens (tertiary/aromatic N) is 1. The molecule has 18 heavy (non-hydrogen) atoms. The molecule has 1 fully saturated rings. The Hall–Kier alpha value is -0.0300. The maximum absolute atomic E-state index is 4.31. The van der Waals surface area contributed by atoms with Gasteiger partial charge in [-0.2, -0.15) is 23.5 Å². The Morgan fingerprint density at radius 2 is 2.17 bits per heavy atom. The molecule has 0 heterocycles. The summed E-state index contributed by atoms with van der Waals surface area (Å²) in [5.41, 5.74) is 0. The molecule has 0 bridgehead atoms. The Morgan fingerprint density at radius 3 is 2.83 bits per heavy atom. The number of guanidine groups is 1. The number of aliphatic imine (C=N–C) groups is 1. The topological polar surface area (TPSA) is 36.4 Å². The molecule has 0 spiro atoms. The molecule has 0 aromatic rings. The second kappa shape index (κ2) is 9.84. The van der Waals surface area contributed by atoms with Gasteiger partial charge in [0.1, 0.15) is 0 Å². The van der Waals surface area contributed by atoms with Gasteiger partial charge in [0.05, 0.1) is 0 Å². The van der Waals surface area contributed by atoms with Crippen LogP contribution in [0.15, 0.2) is 4.99 Å². The third kappa shape index (κ3) is 6.23. The molecule has 106 valence electrons. The number of hydrogen-bond acceptors (Lipinski definition) is 3. The number of thioether (sulfide) groups is 2. The summed E-state index contributed by atoms with van der Waals surface area (Å²) in [5, 5.41) is 7.79. The molecule has 0 aromatic heterocycles. The first-order chi connectivity index (χ1) is 8.80. The smallest absolute Gasteiger partial charge is 0.191 e. The summed E-state index contributed by atoms with van der Waals surface area (Å²) in [5.74, 6) is 2.19. The molecule has 0 aliphatic heterocycles. The first kappa shape index (κ1) is 16.0. The molecule has 2 unspecified atom stereocenters. The normalized spacial score (nSPS) is 24.9. The Kier molecular flexibility index (Phi) is 8.76. The predicted octanol–water partition coefficient (Wildman–Crippen LogP) is 2.58. The number of rotatable bonds is 6. The van der Waals surface area contributed by atoms with Crippen LogP contribution in [0.2, 0.25) is 0 Å². The molecule has 1 saturated carbocycles. The predicted molar refractivity (Wildman–Crippen MR) is 87.1 cm³/mol. The van der Waals surface area contributed by atoms with Crippen LogP contribution in [-0.2, 0) is 0 Å². The van der Waals surface area contributed by atoms with Crippen molar-refractivity contribution in [3.8, 4) is 0 Å². The highest BCUT2D eigenvalue weighted by Crippen LogP contribution is 2.26. The van der Waals surface area contributed by atoms with Gasteiger partial charge >= 0.3 is 0 Å². The highest BCUT2D eigenvalue weighted by atomic mass is 32.2. The van der Waals surface area contributed by atoms with E-state index in [0.29, 0.717) is 6.04 Å².